The van der Waals surface area contributed by atoms with E-state index in [1.54, 1.807) is 0 Å². The molecule has 1 atom stereocenters. The van der Waals surface area contributed by atoms with Crippen molar-refractivity contribution < 1.29 is 0 Å². The van der Waals surface area contributed by atoms with Crippen LogP contribution in [0.1, 0.15) is 36.6 Å². The zero-order valence-corrected chi connectivity index (χ0v) is 8.59. The Labute approximate surface area is 84.7 Å². The summed E-state index contributed by atoms with van der Waals surface area (Å²) in [4.78, 5) is 4.47. The highest BCUT2D eigenvalue weighted by Gasteiger charge is 2.51. The van der Waals surface area contributed by atoms with Gasteiger partial charge in [0.1, 0.15) is 0 Å². The molecule has 0 saturated heterocycles. The molecule has 2 aliphatic rings. The fourth-order valence-electron chi connectivity index (χ4n) is 2.92. The first-order valence-electron chi connectivity index (χ1n) is 5.47. The molecule has 1 aromatic rings. The van der Waals surface area contributed by atoms with Gasteiger partial charge in [-0.05, 0) is 49.8 Å². The molecule has 1 unspecified atom stereocenters. The molecule has 3 rings (SSSR count). The first kappa shape index (κ1) is 8.42. The Kier molecular flexibility index (Phi) is 1.68. The minimum Gasteiger partial charge on any atom is -0.312 e. The first-order chi connectivity index (χ1) is 6.86. The molecule has 0 radical (unpaired) electrons. The quantitative estimate of drug-likeness (QED) is 0.729. The lowest BCUT2D eigenvalue weighted by molar-refractivity contribution is 0.309. The molecule has 0 aliphatic heterocycles. The summed E-state index contributed by atoms with van der Waals surface area (Å²) < 4.78 is 0. The van der Waals surface area contributed by atoms with Crippen LogP contribution in [-0.2, 0) is 6.42 Å². The number of hydrogen-bond donors (Lipinski definition) is 1. The summed E-state index contributed by atoms with van der Waals surface area (Å²) in [5, 5.41) is 3.47. The Bertz CT molecular complexity index is 355. The van der Waals surface area contributed by atoms with Crippen LogP contribution < -0.4 is 5.32 Å². The van der Waals surface area contributed by atoms with Gasteiger partial charge in [-0.25, -0.2) is 0 Å². The SMILES string of the molecule is CNC1c2cccnc2CCC12CC2. The Morgan fingerprint density at radius 3 is 3.00 bits per heavy atom. The van der Waals surface area contributed by atoms with Crippen molar-refractivity contribution in [3.63, 3.8) is 0 Å². The fraction of sp³-hybridized carbons (Fsp3) is 0.583. The van der Waals surface area contributed by atoms with E-state index in [4.69, 9.17) is 0 Å². The maximum atomic E-state index is 4.47. The Morgan fingerprint density at radius 1 is 1.43 bits per heavy atom. The molecule has 74 valence electrons. The molecule has 2 nitrogen and oxygen atoms in total. The second kappa shape index (κ2) is 2.80. The van der Waals surface area contributed by atoms with E-state index in [0.717, 1.165) is 0 Å². The molecule has 14 heavy (non-hydrogen) atoms. The van der Waals surface area contributed by atoms with Crippen LogP contribution in [0.15, 0.2) is 18.3 Å². The third-order valence-electron chi connectivity index (χ3n) is 3.89. The molecule has 2 aliphatic carbocycles. The average Bonchev–Trinajstić information content (AvgIpc) is 2.99. The van der Waals surface area contributed by atoms with Crippen molar-refractivity contribution in [2.75, 3.05) is 7.05 Å². The minimum absolute atomic E-state index is 0.556. The van der Waals surface area contributed by atoms with Crippen molar-refractivity contribution in [3.05, 3.63) is 29.6 Å². The van der Waals surface area contributed by atoms with Crippen molar-refractivity contribution in [3.8, 4) is 0 Å². The summed E-state index contributed by atoms with van der Waals surface area (Å²) in [5.41, 5.74) is 3.34. The van der Waals surface area contributed by atoms with Gasteiger partial charge in [-0.15, -0.1) is 0 Å². The van der Waals surface area contributed by atoms with Crippen molar-refractivity contribution in [1.82, 2.24) is 10.3 Å². The zero-order valence-electron chi connectivity index (χ0n) is 8.59. The van der Waals surface area contributed by atoms with Crippen LogP contribution in [0.5, 0.6) is 0 Å². The van der Waals surface area contributed by atoms with Crippen molar-refractivity contribution in [2.24, 2.45) is 5.41 Å². The monoisotopic (exact) mass is 188 g/mol. The molecule has 0 aromatic carbocycles. The minimum atomic E-state index is 0.556. The maximum Gasteiger partial charge on any atom is 0.0451 e. The van der Waals surface area contributed by atoms with Crippen LogP contribution >= 0.6 is 0 Å². The number of nitrogens with zero attached hydrogens (tertiary/aromatic N) is 1. The van der Waals surface area contributed by atoms with Crippen LogP contribution in [0.2, 0.25) is 0 Å². The summed E-state index contributed by atoms with van der Waals surface area (Å²) in [6.45, 7) is 0. The van der Waals surface area contributed by atoms with Gasteiger partial charge in [0.2, 0.25) is 0 Å². The summed E-state index contributed by atoms with van der Waals surface area (Å²) in [7, 11) is 2.08. The highest BCUT2D eigenvalue weighted by Crippen LogP contribution is 2.60. The number of nitrogens with one attached hydrogen (secondary N) is 1. The van der Waals surface area contributed by atoms with Gasteiger partial charge in [0.05, 0.1) is 0 Å². The summed E-state index contributed by atoms with van der Waals surface area (Å²) in [5.74, 6) is 0. The lowest BCUT2D eigenvalue weighted by atomic mass is 9.79. The van der Waals surface area contributed by atoms with E-state index in [-0.39, 0.29) is 0 Å². The molecule has 2 heteroatoms. The molecule has 1 N–H and O–H groups in total. The number of rotatable bonds is 1. The smallest absolute Gasteiger partial charge is 0.0451 e. The van der Waals surface area contributed by atoms with E-state index < -0.39 is 0 Å². The highest BCUT2D eigenvalue weighted by molar-refractivity contribution is 5.31. The molecular weight excluding hydrogens is 172 g/mol. The molecule has 0 amide bonds. The Morgan fingerprint density at radius 2 is 2.29 bits per heavy atom. The summed E-state index contributed by atoms with van der Waals surface area (Å²) in [6, 6.07) is 4.85. The van der Waals surface area contributed by atoms with Gasteiger partial charge in [-0.1, -0.05) is 6.07 Å². The van der Waals surface area contributed by atoms with Gasteiger partial charge >= 0.3 is 0 Å². The predicted molar refractivity (Wildman–Crippen MR) is 56.0 cm³/mol. The third kappa shape index (κ3) is 1.04. The number of pyridine rings is 1. The van der Waals surface area contributed by atoms with Gasteiger partial charge in [-0.2, -0.15) is 0 Å². The molecule has 1 aromatic heterocycles. The van der Waals surface area contributed by atoms with Crippen LogP contribution in [0.25, 0.3) is 0 Å². The molecule has 1 heterocycles. The first-order valence-corrected chi connectivity index (χ1v) is 5.47. The third-order valence-corrected chi connectivity index (χ3v) is 3.89. The highest BCUT2D eigenvalue weighted by atomic mass is 14.9. The number of aromatic nitrogens is 1. The molecule has 1 fully saturated rings. The lowest BCUT2D eigenvalue weighted by Gasteiger charge is -2.33. The maximum absolute atomic E-state index is 4.47. The second-order valence-electron chi connectivity index (χ2n) is 4.62. The van der Waals surface area contributed by atoms with Crippen LogP contribution in [0.4, 0.5) is 0 Å². The molecular formula is C12H16N2. The van der Waals surface area contributed by atoms with Crippen LogP contribution in [-0.4, -0.2) is 12.0 Å². The van der Waals surface area contributed by atoms with Gasteiger partial charge in [-0.3, -0.25) is 4.98 Å². The predicted octanol–water partition coefficient (Wildman–Crippen LogP) is 2.07. The van der Waals surface area contributed by atoms with Crippen molar-refractivity contribution in [2.45, 2.75) is 31.7 Å². The second-order valence-corrected chi connectivity index (χ2v) is 4.62. The average molecular weight is 188 g/mol. The molecule has 1 saturated carbocycles. The van der Waals surface area contributed by atoms with E-state index in [9.17, 15) is 0 Å². The van der Waals surface area contributed by atoms with Crippen molar-refractivity contribution >= 4 is 0 Å². The van der Waals surface area contributed by atoms with Crippen LogP contribution in [0.3, 0.4) is 0 Å². The van der Waals surface area contributed by atoms with E-state index in [1.807, 2.05) is 6.20 Å². The lowest BCUT2D eigenvalue weighted by Crippen LogP contribution is -2.31. The fourth-order valence-corrected chi connectivity index (χ4v) is 2.92. The number of aryl methyl sites for hydroxylation is 1. The zero-order chi connectivity index (χ0) is 9.60. The van der Waals surface area contributed by atoms with Crippen molar-refractivity contribution in [1.29, 1.82) is 0 Å². The molecule has 1 spiro atoms. The van der Waals surface area contributed by atoms with Gasteiger partial charge < -0.3 is 5.32 Å². The topological polar surface area (TPSA) is 24.9 Å². The summed E-state index contributed by atoms with van der Waals surface area (Å²) in [6.07, 6.45) is 7.20. The number of fused-ring (bicyclic) bond motifs is 1. The van der Waals surface area contributed by atoms with E-state index in [0.29, 0.717) is 11.5 Å². The van der Waals surface area contributed by atoms with E-state index in [1.165, 1.54) is 36.9 Å². The Balaban J connectivity index is 2.06. The van der Waals surface area contributed by atoms with Gasteiger partial charge in [0, 0.05) is 17.9 Å². The Hall–Kier alpha value is -0.890. The summed E-state index contributed by atoms with van der Waals surface area (Å²) >= 11 is 0. The van der Waals surface area contributed by atoms with Crippen LogP contribution in [0, 0.1) is 5.41 Å². The van der Waals surface area contributed by atoms with E-state index >= 15 is 0 Å². The van der Waals surface area contributed by atoms with E-state index in [2.05, 4.69) is 29.5 Å². The standard InChI is InChI=1S/C12H16N2/c1-13-11-9-3-2-8-14-10(9)4-5-12(11)6-7-12/h2-3,8,11,13H,4-7H2,1H3. The number of hydrogen-bond acceptors (Lipinski definition) is 2. The largest absolute Gasteiger partial charge is 0.312 e. The van der Waals surface area contributed by atoms with Gasteiger partial charge in [0.15, 0.2) is 0 Å². The normalized spacial score (nSPS) is 27.4. The molecule has 0 bridgehead atoms. The van der Waals surface area contributed by atoms with Gasteiger partial charge in [0.25, 0.3) is 0 Å².